The lowest BCUT2D eigenvalue weighted by atomic mass is 9.85. The van der Waals surface area contributed by atoms with E-state index >= 15 is 0 Å². The molecular formula is C22H27N3O4. The number of hydrogen-bond donors (Lipinski definition) is 1. The average Bonchev–Trinajstić information content (AvgIpc) is 3.60. The van der Waals surface area contributed by atoms with Crippen molar-refractivity contribution in [3.05, 3.63) is 32.4 Å². The zero-order chi connectivity index (χ0) is 20.1. The Bertz CT molecular complexity index is 1080. The van der Waals surface area contributed by atoms with Crippen LogP contribution in [0.2, 0.25) is 0 Å². The SMILES string of the molecule is CC1(CCCc2cc(=O)oc3nc(ON=C4CCC5(CC4)CC5)[nH]c(=O)c23)CC1. The zero-order valence-corrected chi connectivity index (χ0v) is 16.9. The second kappa shape index (κ2) is 6.82. The molecule has 154 valence electrons. The summed E-state index contributed by atoms with van der Waals surface area (Å²) >= 11 is 0. The van der Waals surface area contributed by atoms with Crippen LogP contribution in [-0.4, -0.2) is 15.7 Å². The Hall–Kier alpha value is -2.44. The van der Waals surface area contributed by atoms with Crippen LogP contribution in [0.1, 0.15) is 76.7 Å². The van der Waals surface area contributed by atoms with Gasteiger partial charge in [0.2, 0.25) is 5.71 Å². The van der Waals surface area contributed by atoms with Gasteiger partial charge in [-0.05, 0) is 87.0 Å². The summed E-state index contributed by atoms with van der Waals surface area (Å²) in [6, 6.07) is 1.37. The highest BCUT2D eigenvalue weighted by Gasteiger charge is 2.44. The number of aromatic nitrogens is 2. The van der Waals surface area contributed by atoms with Gasteiger partial charge in [-0.2, -0.15) is 4.98 Å². The van der Waals surface area contributed by atoms with E-state index in [4.69, 9.17) is 9.25 Å². The van der Waals surface area contributed by atoms with Crippen LogP contribution in [0.25, 0.3) is 11.1 Å². The van der Waals surface area contributed by atoms with Crippen LogP contribution in [0.3, 0.4) is 0 Å². The molecule has 3 saturated carbocycles. The topological polar surface area (TPSA) is 97.5 Å². The fourth-order valence-corrected chi connectivity index (χ4v) is 4.48. The molecule has 0 aliphatic heterocycles. The summed E-state index contributed by atoms with van der Waals surface area (Å²) in [6.45, 7) is 2.28. The molecule has 5 rings (SSSR count). The number of oxime groups is 1. The van der Waals surface area contributed by atoms with Gasteiger partial charge in [-0.15, -0.1) is 0 Å². The molecule has 2 heterocycles. The molecule has 0 aromatic carbocycles. The molecule has 2 aromatic rings. The second-order valence-corrected chi connectivity index (χ2v) is 9.55. The summed E-state index contributed by atoms with van der Waals surface area (Å²) in [6.07, 6.45) is 12.1. The third kappa shape index (κ3) is 4.00. The lowest BCUT2D eigenvalue weighted by molar-refractivity contribution is 0.302. The number of nitrogens with zero attached hydrogens (tertiary/aromatic N) is 2. The minimum atomic E-state index is -0.498. The molecule has 0 atom stereocenters. The quantitative estimate of drug-likeness (QED) is 0.741. The van der Waals surface area contributed by atoms with Gasteiger partial charge in [-0.25, -0.2) is 4.79 Å². The van der Waals surface area contributed by atoms with Gasteiger partial charge in [0, 0.05) is 6.07 Å². The molecule has 3 fully saturated rings. The summed E-state index contributed by atoms with van der Waals surface area (Å²) in [5.74, 6) is 0. The third-order valence-electron chi connectivity index (χ3n) is 7.11. The van der Waals surface area contributed by atoms with Crippen molar-refractivity contribution in [1.29, 1.82) is 0 Å². The summed E-state index contributed by atoms with van der Waals surface area (Å²) in [4.78, 5) is 36.9. The van der Waals surface area contributed by atoms with Gasteiger partial charge in [-0.3, -0.25) is 9.78 Å². The third-order valence-corrected chi connectivity index (χ3v) is 7.11. The molecule has 3 aliphatic carbocycles. The van der Waals surface area contributed by atoms with Crippen molar-refractivity contribution in [3.63, 3.8) is 0 Å². The average molecular weight is 397 g/mol. The molecule has 0 saturated heterocycles. The normalized spacial score (nSPS) is 21.3. The van der Waals surface area contributed by atoms with Crippen molar-refractivity contribution < 1.29 is 9.25 Å². The highest BCUT2D eigenvalue weighted by atomic mass is 16.6. The van der Waals surface area contributed by atoms with E-state index in [0.29, 0.717) is 28.2 Å². The molecule has 1 N–H and O–H groups in total. The highest BCUT2D eigenvalue weighted by molar-refractivity contribution is 5.85. The maximum absolute atomic E-state index is 12.7. The van der Waals surface area contributed by atoms with E-state index in [1.165, 1.54) is 31.7 Å². The van der Waals surface area contributed by atoms with E-state index < -0.39 is 5.63 Å². The highest BCUT2D eigenvalue weighted by Crippen LogP contribution is 2.55. The summed E-state index contributed by atoms with van der Waals surface area (Å²) in [5.41, 5.74) is 1.86. The fraction of sp³-hybridized carbons (Fsp3) is 0.636. The van der Waals surface area contributed by atoms with Gasteiger partial charge in [0.05, 0.1) is 5.71 Å². The molecule has 7 nitrogen and oxygen atoms in total. The van der Waals surface area contributed by atoms with Crippen LogP contribution in [0.4, 0.5) is 0 Å². The molecule has 2 aromatic heterocycles. The zero-order valence-electron chi connectivity index (χ0n) is 16.9. The number of nitrogens with one attached hydrogen (secondary N) is 1. The Labute approximate surface area is 168 Å². The lowest BCUT2D eigenvalue weighted by Crippen LogP contribution is -2.17. The van der Waals surface area contributed by atoms with Crippen LogP contribution < -0.4 is 16.0 Å². The van der Waals surface area contributed by atoms with E-state index in [2.05, 4.69) is 22.0 Å². The molecule has 0 radical (unpaired) electrons. The molecule has 0 amide bonds. The Morgan fingerprint density at radius 1 is 1.17 bits per heavy atom. The first kappa shape index (κ1) is 18.6. The Morgan fingerprint density at radius 3 is 2.62 bits per heavy atom. The summed E-state index contributed by atoms with van der Waals surface area (Å²) in [5, 5.41) is 4.52. The molecule has 1 spiro atoms. The Balaban J connectivity index is 1.34. The number of aromatic amines is 1. The van der Waals surface area contributed by atoms with E-state index in [-0.39, 0.29) is 17.3 Å². The van der Waals surface area contributed by atoms with E-state index in [1.54, 1.807) is 0 Å². The van der Waals surface area contributed by atoms with E-state index in [0.717, 1.165) is 44.2 Å². The van der Waals surface area contributed by atoms with Crippen molar-refractivity contribution in [2.45, 2.75) is 77.6 Å². The van der Waals surface area contributed by atoms with Crippen LogP contribution in [0.15, 0.2) is 25.2 Å². The van der Waals surface area contributed by atoms with Crippen molar-refractivity contribution in [1.82, 2.24) is 9.97 Å². The Morgan fingerprint density at radius 2 is 1.93 bits per heavy atom. The Kier molecular flexibility index (Phi) is 4.37. The van der Waals surface area contributed by atoms with Crippen LogP contribution >= 0.6 is 0 Å². The number of aryl methyl sites for hydroxylation is 1. The van der Waals surface area contributed by atoms with Gasteiger partial charge >= 0.3 is 11.6 Å². The first-order valence-electron chi connectivity index (χ1n) is 10.7. The summed E-state index contributed by atoms with van der Waals surface area (Å²) in [7, 11) is 0. The predicted octanol–water partition coefficient (Wildman–Crippen LogP) is 4.09. The molecule has 29 heavy (non-hydrogen) atoms. The van der Waals surface area contributed by atoms with Crippen LogP contribution in [0, 0.1) is 10.8 Å². The first-order valence-corrected chi connectivity index (χ1v) is 10.7. The maximum Gasteiger partial charge on any atom is 0.337 e. The smallest absolute Gasteiger partial charge is 0.337 e. The standard InChI is InChI=1S/C22H27N3O4/c1-21(9-10-21)6-2-3-14-13-16(26)28-19-17(14)18(27)23-20(24-19)29-25-15-4-7-22(8-5-15)11-12-22/h13H,2-12H2,1H3,(H,23,24,27). The van der Waals surface area contributed by atoms with E-state index in [9.17, 15) is 9.59 Å². The van der Waals surface area contributed by atoms with Crippen molar-refractivity contribution in [2.75, 3.05) is 0 Å². The van der Waals surface area contributed by atoms with Crippen molar-refractivity contribution in [3.8, 4) is 6.01 Å². The molecule has 0 unspecified atom stereocenters. The monoisotopic (exact) mass is 397 g/mol. The van der Waals surface area contributed by atoms with Gasteiger partial charge in [-0.1, -0.05) is 12.1 Å². The largest absolute Gasteiger partial charge is 0.403 e. The number of rotatable bonds is 6. The van der Waals surface area contributed by atoms with Crippen molar-refractivity contribution in [2.24, 2.45) is 16.0 Å². The minimum absolute atomic E-state index is 0.0182. The maximum atomic E-state index is 12.7. The molecular weight excluding hydrogens is 370 g/mol. The van der Waals surface area contributed by atoms with Gasteiger partial charge in [0.25, 0.3) is 5.56 Å². The van der Waals surface area contributed by atoms with Gasteiger partial charge in [0.15, 0.2) is 0 Å². The lowest BCUT2D eigenvalue weighted by Gasteiger charge is -2.21. The predicted molar refractivity (Wildman–Crippen MR) is 109 cm³/mol. The van der Waals surface area contributed by atoms with Crippen LogP contribution in [-0.2, 0) is 6.42 Å². The molecule has 3 aliphatic rings. The number of fused-ring (bicyclic) bond motifs is 1. The van der Waals surface area contributed by atoms with Crippen LogP contribution in [0.5, 0.6) is 6.01 Å². The van der Waals surface area contributed by atoms with Gasteiger partial charge in [0.1, 0.15) is 5.39 Å². The van der Waals surface area contributed by atoms with E-state index in [1.807, 2.05) is 0 Å². The first-order chi connectivity index (χ1) is 13.9. The molecule has 0 bridgehead atoms. The summed E-state index contributed by atoms with van der Waals surface area (Å²) < 4.78 is 5.20. The minimum Gasteiger partial charge on any atom is -0.403 e. The fourth-order valence-electron chi connectivity index (χ4n) is 4.48. The number of H-pyrrole nitrogens is 1. The van der Waals surface area contributed by atoms with Gasteiger partial charge < -0.3 is 9.25 Å². The number of hydrogen-bond acceptors (Lipinski definition) is 6. The second-order valence-electron chi connectivity index (χ2n) is 9.55. The molecule has 7 heteroatoms. The van der Waals surface area contributed by atoms with Crippen molar-refractivity contribution >= 4 is 16.8 Å².